The van der Waals surface area contributed by atoms with E-state index in [-0.39, 0.29) is 47.7 Å². The number of fused-ring (bicyclic) bond motifs is 2. The number of allylic oxidation sites excluding steroid dienone is 1. The SMILES string of the molecule is CNC(=O)N[C@@H]1CC[C@@H]2[C@@H](C1)C[C@@]1(N)C(=O)O[C@H](C)[C@H]1[C@H]2/C=C/c1ccc(-c2cccc(F)c2)cn1. The molecule has 3 aliphatic rings. The highest BCUT2D eigenvalue weighted by Crippen LogP contribution is 2.54. The average Bonchev–Trinajstić information content (AvgIpc) is 3.09. The fourth-order valence-corrected chi connectivity index (χ4v) is 6.72. The van der Waals surface area contributed by atoms with Crippen LogP contribution in [0.3, 0.4) is 0 Å². The maximum Gasteiger partial charge on any atom is 0.326 e. The van der Waals surface area contributed by atoms with Crippen molar-refractivity contribution in [3.63, 3.8) is 0 Å². The summed E-state index contributed by atoms with van der Waals surface area (Å²) in [5.41, 5.74) is 8.16. The van der Waals surface area contributed by atoms with Gasteiger partial charge in [0.25, 0.3) is 0 Å². The lowest BCUT2D eigenvalue weighted by Crippen LogP contribution is -2.61. The maximum absolute atomic E-state index is 13.6. The zero-order chi connectivity index (χ0) is 25.4. The third-order valence-electron chi connectivity index (χ3n) is 8.32. The molecular formula is C28H33FN4O3. The average molecular weight is 493 g/mol. The van der Waals surface area contributed by atoms with Crippen molar-refractivity contribution in [3.8, 4) is 11.1 Å². The molecule has 2 amide bonds. The van der Waals surface area contributed by atoms with Crippen molar-refractivity contribution >= 4 is 18.1 Å². The Hall–Kier alpha value is -3.26. The number of carbonyl (C=O) groups is 2. The first-order valence-corrected chi connectivity index (χ1v) is 12.7. The van der Waals surface area contributed by atoms with Gasteiger partial charge in [0.2, 0.25) is 0 Å². The van der Waals surface area contributed by atoms with Crippen LogP contribution in [0.25, 0.3) is 17.2 Å². The Morgan fingerprint density at radius 1 is 1.25 bits per heavy atom. The largest absolute Gasteiger partial charge is 0.461 e. The van der Waals surface area contributed by atoms with Crippen LogP contribution in [0.15, 0.2) is 48.7 Å². The van der Waals surface area contributed by atoms with Crippen LogP contribution in [0.5, 0.6) is 0 Å². The van der Waals surface area contributed by atoms with Gasteiger partial charge in [-0.1, -0.05) is 24.3 Å². The standard InChI is InChI=1S/C28H33FN4O3/c1-16-25-24(11-8-21-7-6-18(15-32-21)17-4-3-5-20(29)12-17)23-10-9-22(33-27(35)31-2)13-19(23)14-28(25,30)26(34)36-16/h3-8,11-12,15-16,19,22-25H,9-10,13-14,30H2,1-2H3,(H2,31,33,35)/b11-8+/t16-,19+,22-,23-,24+,25+,28+/m1/s1. The predicted molar refractivity (Wildman–Crippen MR) is 135 cm³/mol. The normalized spacial score (nSPS) is 33.5. The van der Waals surface area contributed by atoms with Crippen LogP contribution in [-0.2, 0) is 9.53 Å². The van der Waals surface area contributed by atoms with Crippen molar-refractivity contribution in [2.24, 2.45) is 29.4 Å². The molecule has 4 N–H and O–H groups in total. The van der Waals surface area contributed by atoms with Gasteiger partial charge in [-0.25, -0.2) is 9.18 Å². The molecule has 36 heavy (non-hydrogen) atoms. The Balaban J connectivity index is 1.39. The van der Waals surface area contributed by atoms with E-state index in [1.54, 1.807) is 19.3 Å². The van der Waals surface area contributed by atoms with Gasteiger partial charge in [-0.3, -0.25) is 9.78 Å². The summed E-state index contributed by atoms with van der Waals surface area (Å²) >= 11 is 0. The Morgan fingerprint density at radius 3 is 2.81 bits per heavy atom. The number of nitrogens with one attached hydrogen (secondary N) is 2. The van der Waals surface area contributed by atoms with E-state index in [9.17, 15) is 14.0 Å². The van der Waals surface area contributed by atoms with Gasteiger partial charge in [0, 0.05) is 30.8 Å². The summed E-state index contributed by atoms with van der Waals surface area (Å²) < 4.78 is 19.3. The number of amides is 2. The molecule has 0 bridgehead atoms. The second-order valence-corrected chi connectivity index (χ2v) is 10.5. The molecule has 190 valence electrons. The minimum atomic E-state index is -1.03. The molecule has 1 saturated heterocycles. The third-order valence-corrected chi connectivity index (χ3v) is 8.32. The molecule has 7 nitrogen and oxygen atoms in total. The topological polar surface area (TPSA) is 106 Å². The number of benzene rings is 1. The van der Waals surface area contributed by atoms with Gasteiger partial charge in [-0.05, 0) is 80.2 Å². The van der Waals surface area contributed by atoms with Gasteiger partial charge < -0.3 is 21.1 Å². The van der Waals surface area contributed by atoms with E-state index >= 15 is 0 Å². The van der Waals surface area contributed by atoms with E-state index in [1.165, 1.54) is 12.1 Å². The Bertz CT molecular complexity index is 1170. The number of halogens is 1. The number of hydrogen-bond donors (Lipinski definition) is 3. The molecule has 2 aromatic rings. The number of hydrogen-bond acceptors (Lipinski definition) is 5. The molecule has 1 aliphatic heterocycles. The Kier molecular flexibility index (Phi) is 6.55. The summed E-state index contributed by atoms with van der Waals surface area (Å²) in [7, 11) is 1.61. The Morgan fingerprint density at radius 2 is 2.08 bits per heavy atom. The van der Waals surface area contributed by atoms with E-state index in [2.05, 4.69) is 21.7 Å². The van der Waals surface area contributed by atoms with Gasteiger partial charge in [0.05, 0.1) is 5.69 Å². The lowest BCUT2D eigenvalue weighted by Gasteiger charge is -2.51. The molecule has 8 heteroatoms. The number of nitrogens with zero attached hydrogens (tertiary/aromatic N) is 1. The molecule has 1 aromatic carbocycles. The smallest absolute Gasteiger partial charge is 0.326 e. The van der Waals surface area contributed by atoms with E-state index in [4.69, 9.17) is 10.5 Å². The number of urea groups is 1. The molecule has 0 radical (unpaired) electrons. The molecule has 2 aliphatic carbocycles. The Labute approximate surface area is 210 Å². The fraction of sp³-hybridized carbons (Fsp3) is 0.464. The van der Waals surface area contributed by atoms with Gasteiger partial charge in [0.15, 0.2) is 0 Å². The number of ether oxygens (including phenoxy) is 1. The van der Waals surface area contributed by atoms with Gasteiger partial charge >= 0.3 is 12.0 Å². The quantitative estimate of drug-likeness (QED) is 0.562. The van der Waals surface area contributed by atoms with Crippen LogP contribution in [0.4, 0.5) is 9.18 Å². The molecular weight excluding hydrogens is 459 g/mol. The van der Waals surface area contributed by atoms with Crippen LogP contribution in [-0.4, -0.2) is 41.7 Å². The van der Waals surface area contributed by atoms with Crippen LogP contribution in [0, 0.1) is 29.5 Å². The summed E-state index contributed by atoms with van der Waals surface area (Å²) in [6.07, 6.45) is 8.81. The minimum absolute atomic E-state index is 0.0563. The second-order valence-electron chi connectivity index (χ2n) is 10.5. The highest BCUT2D eigenvalue weighted by atomic mass is 19.1. The van der Waals surface area contributed by atoms with Crippen molar-refractivity contribution in [3.05, 3.63) is 60.2 Å². The van der Waals surface area contributed by atoms with Crippen LogP contribution in [0.2, 0.25) is 0 Å². The first kappa shape index (κ1) is 24.4. The van der Waals surface area contributed by atoms with Crippen LogP contribution in [0.1, 0.15) is 38.3 Å². The van der Waals surface area contributed by atoms with Crippen LogP contribution >= 0.6 is 0 Å². The molecule has 0 spiro atoms. The monoisotopic (exact) mass is 492 g/mol. The van der Waals surface area contributed by atoms with Crippen molar-refractivity contribution in [1.29, 1.82) is 0 Å². The van der Waals surface area contributed by atoms with E-state index in [0.717, 1.165) is 36.1 Å². The highest BCUT2D eigenvalue weighted by Gasteiger charge is 2.62. The summed E-state index contributed by atoms with van der Waals surface area (Å²) in [5, 5.41) is 5.65. The number of nitrogens with two attached hydrogens (primary N) is 1. The zero-order valence-electron chi connectivity index (χ0n) is 20.6. The van der Waals surface area contributed by atoms with Crippen molar-refractivity contribution in [2.75, 3.05) is 7.05 Å². The third kappa shape index (κ3) is 4.50. The van der Waals surface area contributed by atoms with Gasteiger partial charge in [-0.15, -0.1) is 0 Å². The summed E-state index contributed by atoms with van der Waals surface area (Å²) in [6.45, 7) is 1.93. The fourth-order valence-electron chi connectivity index (χ4n) is 6.72. The number of esters is 1. The van der Waals surface area contributed by atoms with Crippen LogP contribution < -0.4 is 16.4 Å². The zero-order valence-corrected chi connectivity index (χ0v) is 20.6. The summed E-state index contributed by atoms with van der Waals surface area (Å²) in [5.74, 6) is -0.113. The molecule has 2 heterocycles. The van der Waals surface area contributed by atoms with E-state index in [1.807, 2.05) is 31.2 Å². The van der Waals surface area contributed by atoms with Crippen molar-refractivity contribution in [2.45, 2.75) is 50.3 Å². The molecule has 3 fully saturated rings. The molecule has 5 rings (SSSR count). The molecule has 2 saturated carbocycles. The number of rotatable bonds is 4. The van der Waals surface area contributed by atoms with Crippen molar-refractivity contribution < 1.29 is 18.7 Å². The predicted octanol–water partition coefficient (Wildman–Crippen LogP) is 3.89. The number of pyridine rings is 1. The minimum Gasteiger partial charge on any atom is -0.461 e. The van der Waals surface area contributed by atoms with Gasteiger partial charge in [0.1, 0.15) is 17.5 Å². The van der Waals surface area contributed by atoms with E-state index in [0.29, 0.717) is 12.3 Å². The molecule has 0 unspecified atom stereocenters. The summed E-state index contributed by atoms with van der Waals surface area (Å²) in [4.78, 5) is 29.3. The van der Waals surface area contributed by atoms with Gasteiger partial charge in [-0.2, -0.15) is 0 Å². The first-order chi connectivity index (χ1) is 17.3. The number of carbonyl (C=O) groups excluding carboxylic acids is 2. The van der Waals surface area contributed by atoms with Crippen molar-refractivity contribution in [1.82, 2.24) is 15.6 Å². The second kappa shape index (κ2) is 9.65. The lowest BCUT2D eigenvalue weighted by atomic mass is 9.54. The number of cyclic esters (lactones) is 1. The summed E-state index contributed by atoms with van der Waals surface area (Å²) in [6, 6.07) is 10.2. The molecule has 1 aromatic heterocycles. The maximum atomic E-state index is 13.6. The number of aromatic nitrogens is 1. The molecule has 7 atom stereocenters. The highest BCUT2D eigenvalue weighted by molar-refractivity contribution is 5.84. The van der Waals surface area contributed by atoms with E-state index < -0.39 is 5.54 Å². The first-order valence-electron chi connectivity index (χ1n) is 12.7. The lowest BCUT2D eigenvalue weighted by molar-refractivity contribution is -0.145.